The molecular weight excluding hydrogens is 320 g/mol. The number of aromatic nitrogens is 1. The Kier molecular flexibility index (Phi) is 5.23. The molecule has 1 aliphatic rings. The molecule has 0 spiro atoms. The summed E-state index contributed by atoms with van der Waals surface area (Å²) in [5.41, 5.74) is 1.76. The standard InChI is InChI=1S/C18H20N4O3/c23-18(20-13-14-5-9-19-10-6-14)15-7-11-21(12-8-15)16-3-1-2-4-17(16)22(24)25/h1-6,9-10,15H,7-8,11-13H2,(H,20,23). The molecule has 7 nitrogen and oxygen atoms in total. The van der Waals surface area contributed by atoms with E-state index in [4.69, 9.17) is 0 Å². The zero-order valence-corrected chi connectivity index (χ0v) is 13.8. The van der Waals surface area contributed by atoms with Gasteiger partial charge >= 0.3 is 0 Å². The van der Waals surface area contributed by atoms with E-state index in [1.807, 2.05) is 17.0 Å². The first kappa shape index (κ1) is 16.9. The van der Waals surface area contributed by atoms with Crippen molar-refractivity contribution in [3.05, 3.63) is 64.5 Å². The van der Waals surface area contributed by atoms with Gasteiger partial charge in [-0.25, -0.2) is 0 Å². The van der Waals surface area contributed by atoms with E-state index in [2.05, 4.69) is 10.3 Å². The summed E-state index contributed by atoms with van der Waals surface area (Å²) in [5.74, 6) is -0.0140. The largest absolute Gasteiger partial charge is 0.366 e. The number of anilines is 1. The summed E-state index contributed by atoms with van der Waals surface area (Å²) in [5, 5.41) is 14.1. The maximum absolute atomic E-state index is 12.3. The molecule has 1 aromatic heterocycles. The Hall–Kier alpha value is -2.96. The van der Waals surface area contributed by atoms with Crippen molar-refractivity contribution in [2.24, 2.45) is 5.92 Å². The number of carbonyl (C=O) groups excluding carboxylic acids is 1. The molecule has 1 amide bonds. The highest BCUT2D eigenvalue weighted by Gasteiger charge is 2.27. The molecule has 2 aromatic rings. The third-order valence-corrected chi connectivity index (χ3v) is 4.50. The van der Waals surface area contributed by atoms with Crippen molar-refractivity contribution in [2.45, 2.75) is 19.4 Å². The molecule has 0 saturated carbocycles. The third kappa shape index (κ3) is 4.12. The highest BCUT2D eigenvalue weighted by Crippen LogP contribution is 2.31. The van der Waals surface area contributed by atoms with Gasteiger partial charge in [0.2, 0.25) is 5.91 Å². The SMILES string of the molecule is O=C(NCc1ccncc1)C1CCN(c2ccccc2[N+](=O)[O-])CC1. The highest BCUT2D eigenvalue weighted by molar-refractivity contribution is 5.79. The molecule has 0 radical (unpaired) electrons. The summed E-state index contributed by atoms with van der Waals surface area (Å²) < 4.78 is 0. The second-order valence-electron chi connectivity index (χ2n) is 6.08. The number of amides is 1. The van der Waals surface area contributed by atoms with Crippen LogP contribution in [0.1, 0.15) is 18.4 Å². The van der Waals surface area contributed by atoms with Gasteiger partial charge in [-0.1, -0.05) is 12.1 Å². The number of hydrogen-bond donors (Lipinski definition) is 1. The second kappa shape index (κ2) is 7.74. The van der Waals surface area contributed by atoms with Crippen LogP contribution in [0.25, 0.3) is 0 Å². The second-order valence-corrected chi connectivity index (χ2v) is 6.08. The summed E-state index contributed by atoms with van der Waals surface area (Å²) in [6, 6.07) is 10.5. The van der Waals surface area contributed by atoms with Gasteiger partial charge in [-0.2, -0.15) is 0 Å². The molecule has 3 rings (SSSR count). The van der Waals surface area contributed by atoms with E-state index in [0.29, 0.717) is 38.2 Å². The Morgan fingerprint density at radius 2 is 1.88 bits per heavy atom. The number of carbonyl (C=O) groups is 1. The lowest BCUT2D eigenvalue weighted by atomic mass is 9.95. The molecule has 0 atom stereocenters. The fourth-order valence-corrected chi connectivity index (χ4v) is 3.10. The van der Waals surface area contributed by atoms with Gasteiger partial charge in [0.25, 0.3) is 5.69 Å². The highest BCUT2D eigenvalue weighted by atomic mass is 16.6. The molecule has 7 heteroatoms. The fourth-order valence-electron chi connectivity index (χ4n) is 3.10. The Morgan fingerprint density at radius 1 is 1.20 bits per heavy atom. The van der Waals surface area contributed by atoms with Crippen LogP contribution in [-0.2, 0) is 11.3 Å². The Labute approximate surface area is 145 Å². The lowest BCUT2D eigenvalue weighted by molar-refractivity contribution is -0.384. The van der Waals surface area contributed by atoms with Gasteiger partial charge in [0.15, 0.2) is 0 Å². The summed E-state index contributed by atoms with van der Waals surface area (Å²) >= 11 is 0. The first-order valence-electron chi connectivity index (χ1n) is 8.30. The summed E-state index contributed by atoms with van der Waals surface area (Å²) in [6.07, 6.45) is 4.78. The van der Waals surface area contributed by atoms with Gasteiger partial charge in [-0.15, -0.1) is 0 Å². The van der Waals surface area contributed by atoms with Gasteiger partial charge in [-0.3, -0.25) is 19.9 Å². The molecule has 1 saturated heterocycles. The van der Waals surface area contributed by atoms with E-state index < -0.39 is 0 Å². The van der Waals surface area contributed by atoms with Gasteiger partial charge < -0.3 is 10.2 Å². The van der Waals surface area contributed by atoms with Crippen molar-refractivity contribution in [3.8, 4) is 0 Å². The van der Waals surface area contributed by atoms with Crippen LogP contribution in [0, 0.1) is 16.0 Å². The topological polar surface area (TPSA) is 88.4 Å². The van der Waals surface area contributed by atoms with E-state index in [1.54, 1.807) is 30.6 Å². The van der Waals surface area contributed by atoms with Crippen LogP contribution in [-0.4, -0.2) is 28.9 Å². The molecule has 1 aliphatic heterocycles. The lowest BCUT2D eigenvalue weighted by Crippen LogP contribution is -2.40. The first-order valence-corrected chi connectivity index (χ1v) is 8.30. The predicted octanol–water partition coefficient (Wildman–Crippen LogP) is 2.52. The van der Waals surface area contributed by atoms with Gasteiger partial charge in [0, 0.05) is 44.0 Å². The van der Waals surface area contributed by atoms with Crippen LogP contribution in [0.4, 0.5) is 11.4 Å². The van der Waals surface area contributed by atoms with Gasteiger partial charge in [0.1, 0.15) is 5.69 Å². The average molecular weight is 340 g/mol. The van der Waals surface area contributed by atoms with Crippen LogP contribution in [0.15, 0.2) is 48.8 Å². The van der Waals surface area contributed by atoms with E-state index in [1.165, 1.54) is 6.07 Å². The molecule has 130 valence electrons. The van der Waals surface area contributed by atoms with Crippen molar-refractivity contribution < 1.29 is 9.72 Å². The molecule has 0 aliphatic carbocycles. The zero-order chi connectivity index (χ0) is 17.6. The van der Waals surface area contributed by atoms with Gasteiger partial charge in [-0.05, 0) is 36.6 Å². The number of rotatable bonds is 5. The number of pyridine rings is 1. The molecule has 0 unspecified atom stereocenters. The smallest absolute Gasteiger partial charge is 0.292 e. The Morgan fingerprint density at radius 3 is 2.56 bits per heavy atom. The van der Waals surface area contributed by atoms with Crippen molar-refractivity contribution in [2.75, 3.05) is 18.0 Å². The van der Waals surface area contributed by atoms with E-state index >= 15 is 0 Å². The normalized spacial score (nSPS) is 15.0. The number of hydrogen-bond acceptors (Lipinski definition) is 5. The van der Waals surface area contributed by atoms with Crippen LogP contribution in [0.5, 0.6) is 0 Å². The quantitative estimate of drug-likeness (QED) is 0.667. The minimum absolute atomic E-state index is 0.0408. The minimum Gasteiger partial charge on any atom is -0.366 e. The zero-order valence-electron chi connectivity index (χ0n) is 13.8. The maximum Gasteiger partial charge on any atom is 0.292 e. The number of nitrogens with zero attached hydrogens (tertiary/aromatic N) is 3. The number of nitrogens with one attached hydrogen (secondary N) is 1. The fraction of sp³-hybridized carbons (Fsp3) is 0.333. The Bertz CT molecular complexity index is 743. The average Bonchev–Trinajstić information content (AvgIpc) is 2.67. The van der Waals surface area contributed by atoms with Crippen molar-refractivity contribution >= 4 is 17.3 Å². The monoisotopic (exact) mass is 340 g/mol. The molecule has 0 bridgehead atoms. The number of nitro benzene ring substituents is 1. The molecule has 1 fully saturated rings. The molecule has 2 heterocycles. The van der Waals surface area contributed by atoms with Crippen molar-refractivity contribution in [3.63, 3.8) is 0 Å². The predicted molar refractivity (Wildman–Crippen MR) is 94.1 cm³/mol. The lowest BCUT2D eigenvalue weighted by Gasteiger charge is -2.32. The summed E-state index contributed by atoms with van der Waals surface area (Å²) in [4.78, 5) is 29.1. The number of benzene rings is 1. The first-order chi connectivity index (χ1) is 12.1. The van der Waals surface area contributed by atoms with E-state index in [9.17, 15) is 14.9 Å². The van der Waals surface area contributed by atoms with E-state index in [0.717, 1.165) is 5.56 Å². The summed E-state index contributed by atoms with van der Waals surface area (Å²) in [6.45, 7) is 1.77. The number of para-hydroxylation sites is 2. The van der Waals surface area contributed by atoms with Crippen molar-refractivity contribution in [1.29, 1.82) is 0 Å². The number of piperidine rings is 1. The van der Waals surface area contributed by atoms with Crippen LogP contribution >= 0.6 is 0 Å². The molecule has 1 N–H and O–H groups in total. The van der Waals surface area contributed by atoms with Crippen LogP contribution in [0.3, 0.4) is 0 Å². The minimum atomic E-state index is -0.358. The van der Waals surface area contributed by atoms with Crippen molar-refractivity contribution in [1.82, 2.24) is 10.3 Å². The summed E-state index contributed by atoms with van der Waals surface area (Å²) in [7, 11) is 0. The molecule has 1 aromatic carbocycles. The molecular formula is C18H20N4O3. The van der Waals surface area contributed by atoms with Crippen LogP contribution < -0.4 is 10.2 Å². The van der Waals surface area contributed by atoms with Gasteiger partial charge in [0.05, 0.1) is 4.92 Å². The van der Waals surface area contributed by atoms with Crippen LogP contribution in [0.2, 0.25) is 0 Å². The Balaban J connectivity index is 1.55. The van der Waals surface area contributed by atoms with E-state index in [-0.39, 0.29) is 22.4 Å². The maximum atomic E-state index is 12.3. The number of nitro groups is 1. The third-order valence-electron chi connectivity index (χ3n) is 4.50. The molecule has 25 heavy (non-hydrogen) atoms.